The second kappa shape index (κ2) is 10.5. The number of ether oxygens (including phenoxy) is 1. The lowest BCUT2D eigenvalue weighted by Gasteiger charge is -2.27. The zero-order chi connectivity index (χ0) is 21.3. The zero-order valence-corrected chi connectivity index (χ0v) is 17.4. The normalized spacial score (nSPS) is 10.7. The lowest BCUT2D eigenvalue weighted by molar-refractivity contribution is -0.133. The molecular weight excluding hydrogens is 382 g/mol. The highest BCUT2D eigenvalue weighted by Gasteiger charge is 2.23. The molecule has 0 aliphatic heterocycles. The second-order valence-corrected chi connectivity index (χ2v) is 7.03. The molecule has 1 aromatic carbocycles. The van der Waals surface area contributed by atoms with Crippen molar-refractivity contribution in [1.29, 1.82) is 0 Å². The predicted octanol–water partition coefficient (Wildman–Crippen LogP) is 2.94. The Labute approximate surface area is 176 Å². The molecule has 0 atom stereocenters. The first-order valence-electron chi connectivity index (χ1n) is 9.82. The van der Waals surface area contributed by atoms with Crippen LogP contribution in [0.5, 0.6) is 0 Å². The van der Waals surface area contributed by atoms with Crippen molar-refractivity contribution in [1.82, 2.24) is 14.4 Å². The maximum Gasteiger partial charge on any atom is 0.254 e. The Morgan fingerprint density at radius 2 is 1.80 bits per heavy atom. The minimum atomic E-state index is -0.196. The summed E-state index contributed by atoms with van der Waals surface area (Å²) in [5.41, 5.74) is 1.54. The van der Waals surface area contributed by atoms with Gasteiger partial charge in [-0.05, 0) is 36.4 Å². The van der Waals surface area contributed by atoms with Crippen molar-refractivity contribution in [2.45, 2.75) is 13.1 Å². The van der Waals surface area contributed by atoms with Gasteiger partial charge in [0, 0.05) is 38.2 Å². The summed E-state index contributed by atoms with van der Waals surface area (Å²) < 4.78 is 12.6. The summed E-state index contributed by atoms with van der Waals surface area (Å²) >= 11 is 0. The van der Waals surface area contributed by atoms with E-state index in [0.29, 0.717) is 37.6 Å². The molecule has 0 radical (unpaired) electrons. The molecule has 0 N–H and O–H groups in total. The molecule has 2 aromatic heterocycles. The number of hydrogen-bond acceptors (Lipinski definition) is 4. The number of amides is 2. The van der Waals surface area contributed by atoms with Gasteiger partial charge in [-0.15, -0.1) is 0 Å². The first kappa shape index (κ1) is 21.4. The van der Waals surface area contributed by atoms with Crippen molar-refractivity contribution < 1.29 is 18.7 Å². The van der Waals surface area contributed by atoms with Crippen molar-refractivity contribution in [3.8, 4) is 0 Å². The molecule has 0 bridgehead atoms. The van der Waals surface area contributed by atoms with E-state index >= 15 is 0 Å². The van der Waals surface area contributed by atoms with Gasteiger partial charge in [0.2, 0.25) is 5.91 Å². The van der Waals surface area contributed by atoms with Crippen LogP contribution in [0, 0.1) is 0 Å². The summed E-state index contributed by atoms with van der Waals surface area (Å²) in [4.78, 5) is 29.5. The Kier molecular flexibility index (Phi) is 7.45. The van der Waals surface area contributed by atoms with E-state index in [1.165, 1.54) is 4.90 Å². The van der Waals surface area contributed by atoms with Crippen LogP contribution in [0.3, 0.4) is 0 Å². The fourth-order valence-corrected chi connectivity index (χ4v) is 3.16. The molecule has 2 amide bonds. The molecule has 7 nitrogen and oxygen atoms in total. The van der Waals surface area contributed by atoms with Gasteiger partial charge in [-0.25, -0.2) is 0 Å². The number of aromatic nitrogens is 1. The van der Waals surface area contributed by atoms with E-state index in [-0.39, 0.29) is 18.4 Å². The Bertz CT molecular complexity index is 935. The van der Waals surface area contributed by atoms with E-state index in [1.807, 2.05) is 54.2 Å². The molecule has 0 saturated carbocycles. The van der Waals surface area contributed by atoms with E-state index < -0.39 is 0 Å². The SMILES string of the molecule is COCCN(CC(=O)N(Cc1ccco1)Cc1cccn1C)C(=O)c1ccccc1. The largest absolute Gasteiger partial charge is 0.467 e. The fourth-order valence-electron chi connectivity index (χ4n) is 3.16. The topological polar surface area (TPSA) is 67.9 Å². The lowest BCUT2D eigenvalue weighted by Crippen LogP contribution is -2.43. The van der Waals surface area contributed by atoms with Crippen LogP contribution in [0.25, 0.3) is 0 Å². The fraction of sp³-hybridized carbons (Fsp3) is 0.304. The molecule has 3 rings (SSSR count). The molecule has 0 fully saturated rings. The third-order valence-corrected chi connectivity index (χ3v) is 4.88. The number of aryl methyl sites for hydroxylation is 1. The van der Waals surface area contributed by atoms with Crippen molar-refractivity contribution in [3.63, 3.8) is 0 Å². The first-order chi connectivity index (χ1) is 14.6. The summed E-state index contributed by atoms with van der Waals surface area (Å²) in [5, 5.41) is 0. The summed E-state index contributed by atoms with van der Waals surface area (Å²) in [6.07, 6.45) is 3.53. The van der Waals surface area contributed by atoms with Crippen LogP contribution >= 0.6 is 0 Å². The third-order valence-electron chi connectivity index (χ3n) is 4.88. The molecule has 30 heavy (non-hydrogen) atoms. The maximum absolute atomic E-state index is 13.3. The molecule has 0 unspecified atom stereocenters. The van der Waals surface area contributed by atoms with Gasteiger partial charge in [0.1, 0.15) is 12.3 Å². The molecule has 3 aromatic rings. The Morgan fingerprint density at radius 1 is 1.00 bits per heavy atom. The van der Waals surface area contributed by atoms with E-state index in [4.69, 9.17) is 9.15 Å². The van der Waals surface area contributed by atoms with Crippen LogP contribution in [-0.4, -0.2) is 53.0 Å². The van der Waals surface area contributed by atoms with Crippen LogP contribution < -0.4 is 0 Å². The molecule has 2 heterocycles. The van der Waals surface area contributed by atoms with E-state index in [1.54, 1.807) is 36.5 Å². The molecule has 0 saturated heterocycles. The van der Waals surface area contributed by atoms with Gasteiger partial charge < -0.3 is 23.5 Å². The number of nitrogens with zero attached hydrogens (tertiary/aromatic N) is 3. The van der Waals surface area contributed by atoms with Crippen LogP contribution in [0.1, 0.15) is 21.8 Å². The maximum atomic E-state index is 13.3. The first-order valence-corrected chi connectivity index (χ1v) is 9.82. The molecule has 0 spiro atoms. The van der Waals surface area contributed by atoms with E-state index in [2.05, 4.69) is 0 Å². The monoisotopic (exact) mass is 409 g/mol. The van der Waals surface area contributed by atoms with Crippen LogP contribution in [0.4, 0.5) is 0 Å². The van der Waals surface area contributed by atoms with Gasteiger partial charge in [-0.1, -0.05) is 18.2 Å². The lowest BCUT2D eigenvalue weighted by atomic mass is 10.2. The summed E-state index contributed by atoms with van der Waals surface area (Å²) in [7, 11) is 3.51. The molecular formula is C23H27N3O4. The van der Waals surface area contributed by atoms with Gasteiger partial charge in [-0.3, -0.25) is 9.59 Å². The van der Waals surface area contributed by atoms with Gasteiger partial charge in [-0.2, -0.15) is 0 Å². The number of benzene rings is 1. The average molecular weight is 409 g/mol. The summed E-state index contributed by atoms with van der Waals surface area (Å²) in [6.45, 7) is 1.38. The van der Waals surface area contributed by atoms with Gasteiger partial charge >= 0.3 is 0 Å². The van der Waals surface area contributed by atoms with Crippen LogP contribution in [-0.2, 0) is 29.7 Å². The highest BCUT2D eigenvalue weighted by Crippen LogP contribution is 2.13. The average Bonchev–Trinajstić information content (AvgIpc) is 3.42. The predicted molar refractivity (Wildman–Crippen MR) is 113 cm³/mol. The van der Waals surface area contributed by atoms with E-state index in [9.17, 15) is 9.59 Å². The molecule has 7 heteroatoms. The van der Waals surface area contributed by atoms with Crippen molar-refractivity contribution >= 4 is 11.8 Å². The minimum Gasteiger partial charge on any atom is -0.467 e. The zero-order valence-electron chi connectivity index (χ0n) is 17.4. The number of carbonyl (C=O) groups is 2. The van der Waals surface area contributed by atoms with Crippen molar-refractivity contribution in [3.05, 3.63) is 84.1 Å². The number of carbonyl (C=O) groups excluding carboxylic acids is 2. The quantitative estimate of drug-likeness (QED) is 0.516. The minimum absolute atomic E-state index is 0.0395. The van der Waals surface area contributed by atoms with Gasteiger partial charge in [0.25, 0.3) is 5.91 Å². The molecule has 0 aliphatic rings. The van der Waals surface area contributed by atoms with Gasteiger partial charge in [0.05, 0.1) is 26.0 Å². The second-order valence-electron chi connectivity index (χ2n) is 7.03. The van der Waals surface area contributed by atoms with Crippen LogP contribution in [0.15, 0.2) is 71.5 Å². The number of methoxy groups -OCH3 is 1. The third kappa shape index (κ3) is 5.61. The Hall–Kier alpha value is -3.32. The van der Waals surface area contributed by atoms with Gasteiger partial charge in [0.15, 0.2) is 0 Å². The number of furan rings is 1. The van der Waals surface area contributed by atoms with Crippen molar-refractivity contribution in [2.24, 2.45) is 7.05 Å². The molecule has 158 valence electrons. The highest BCUT2D eigenvalue weighted by atomic mass is 16.5. The summed E-state index contributed by atoms with van der Waals surface area (Å²) in [5.74, 6) is 0.334. The number of rotatable bonds is 10. The van der Waals surface area contributed by atoms with Crippen LogP contribution in [0.2, 0.25) is 0 Å². The number of hydrogen-bond donors (Lipinski definition) is 0. The Balaban J connectivity index is 1.77. The van der Waals surface area contributed by atoms with E-state index in [0.717, 1.165) is 5.69 Å². The smallest absolute Gasteiger partial charge is 0.254 e. The molecule has 0 aliphatic carbocycles. The highest BCUT2D eigenvalue weighted by molar-refractivity contribution is 5.96. The Morgan fingerprint density at radius 3 is 2.43 bits per heavy atom. The van der Waals surface area contributed by atoms with Crippen molar-refractivity contribution in [2.75, 3.05) is 26.8 Å². The standard InChI is InChI=1S/C23H27N3O4/c1-24-12-6-10-20(24)16-26(17-21-11-7-14-30-21)22(27)18-25(13-15-29-2)23(28)19-8-4-3-5-9-19/h3-12,14H,13,15-18H2,1-2H3. The summed E-state index contributed by atoms with van der Waals surface area (Å²) in [6, 6.07) is 16.5.